The molecular formula is C12H23N5S. The average Bonchev–Trinajstić information content (AvgIpc) is 2.31. The molecule has 6 heteroatoms. The molecule has 0 spiro atoms. The van der Waals surface area contributed by atoms with Crippen LogP contribution in [0.3, 0.4) is 0 Å². The summed E-state index contributed by atoms with van der Waals surface area (Å²) in [5, 5.41) is 0. The molecular weight excluding hydrogens is 246 g/mol. The van der Waals surface area contributed by atoms with Crippen molar-refractivity contribution in [3.63, 3.8) is 0 Å². The molecule has 5 nitrogen and oxygen atoms in total. The van der Waals surface area contributed by atoms with Gasteiger partial charge in [-0.15, -0.1) is 0 Å². The van der Waals surface area contributed by atoms with Crippen LogP contribution in [0.1, 0.15) is 51.3 Å². The normalized spacial score (nSPS) is 10.7. The van der Waals surface area contributed by atoms with Gasteiger partial charge in [-0.3, -0.25) is 0 Å². The molecule has 0 saturated heterocycles. The first kappa shape index (κ1) is 15.0. The molecule has 18 heavy (non-hydrogen) atoms. The van der Waals surface area contributed by atoms with Crippen molar-refractivity contribution in [2.45, 2.75) is 51.2 Å². The van der Waals surface area contributed by atoms with E-state index in [2.05, 4.69) is 21.9 Å². The number of anilines is 2. The van der Waals surface area contributed by atoms with Crippen molar-refractivity contribution in [3.05, 3.63) is 5.82 Å². The third kappa shape index (κ3) is 6.64. The first-order valence-electron chi connectivity index (χ1n) is 6.56. The van der Waals surface area contributed by atoms with Crippen LogP contribution < -0.4 is 11.5 Å². The van der Waals surface area contributed by atoms with Gasteiger partial charge in [0, 0.05) is 0 Å². The molecule has 1 aromatic rings. The Bertz CT molecular complexity index is 325. The number of aromatic nitrogens is 3. The monoisotopic (exact) mass is 269 g/mol. The minimum absolute atomic E-state index is 0.206. The minimum Gasteiger partial charge on any atom is -0.368 e. The molecule has 102 valence electrons. The van der Waals surface area contributed by atoms with E-state index in [0.717, 1.165) is 11.5 Å². The summed E-state index contributed by atoms with van der Waals surface area (Å²) in [4.78, 5) is 11.8. The van der Waals surface area contributed by atoms with Crippen LogP contribution in [0.5, 0.6) is 0 Å². The van der Waals surface area contributed by atoms with Gasteiger partial charge < -0.3 is 11.5 Å². The molecule has 0 aliphatic carbocycles. The van der Waals surface area contributed by atoms with E-state index in [1.807, 2.05) is 11.8 Å². The predicted octanol–water partition coefficient (Wildman–Crippen LogP) is 2.63. The summed E-state index contributed by atoms with van der Waals surface area (Å²) in [5.41, 5.74) is 11.0. The van der Waals surface area contributed by atoms with Crippen molar-refractivity contribution in [2.75, 3.05) is 17.2 Å². The molecule has 0 aromatic carbocycles. The van der Waals surface area contributed by atoms with Crippen LogP contribution in [0, 0.1) is 0 Å². The van der Waals surface area contributed by atoms with Crippen LogP contribution in [-0.4, -0.2) is 20.7 Å². The summed E-state index contributed by atoms with van der Waals surface area (Å²) in [7, 11) is 0. The molecule has 1 rings (SSSR count). The fraction of sp³-hybridized carbons (Fsp3) is 0.750. The van der Waals surface area contributed by atoms with Crippen LogP contribution in [0.25, 0.3) is 0 Å². The summed E-state index contributed by atoms with van der Waals surface area (Å²) in [6, 6.07) is 0. The Morgan fingerprint density at radius 1 is 0.889 bits per heavy atom. The lowest BCUT2D eigenvalue weighted by Gasteiger charge is -2.03. The smallest absolute Gasteiger partial charge is 0.225 e. The molecule has 0 bridgehead atoms. The highest BCUT2D eigenvalue weighted by molar-refractivity contribution is 7.98. The predicted molar refractivity (Wildman–Crippen MR) is 78.2 cm³/mol. The Balaban J connectivity index is 2.07. The Hall–Kier alpha value is -1.04. The van der Waals surface area contributed by atoms with Gasteiger partial charge in [0.25, 0.3) is 0 Å². The number of rotatable bonds is 9. The van der Waals surface area contributed by atoms with E-state index >= 15 is 0 Å². The van der Waals surface area contributed by atoms with Crippen molar-refractivity contribution in [2.24, 2.45) is 0 Å². The second-order valence-corrected chi connectivity index (χ2v) is 5.39. The summed E-state index contributed by atoms with van der Waals surface area (Å²) in [6.45, 7) is 2.24. The lowest BCUT2D eigenvalue weighted by atomic mass is 10.1. The quantitative estimate of drug-likeness (QED) is 0.670. The molecule has 4 N–H and O–H groups in total. The maximum absolute atomic E-state index is 5.51. The largest absolute Gasteiger partial charge is 0.368 e. The standard InChI is InChI=1S/C12H23N5S/c1-2-3-4-5-6-7-8-18-9-10-15-11(13)17-12(14)16-10/h2-9H2,1H3,(H4,13,14,15,16,17). The number of nitrogens with two attached hydrogens (primary N) is 2. The first-order chi connectivity index (χ1) is 8.72. The van der Waals surface area contributed by atoms with Crippen molar-refractivity contribution in [1.29, 1.82) is 0 Å². The Labute approximate surface area is 113 Å². The summed E-state index contributed by atoms with van der Waals surface area (Å²) in [5.74, 6) is 2.98. The number of hydrogen-bond acceptors (Lipinski definition) is 6. The van der Waals surface area contributed by atoms with E-state index in [1.54, 1.807) is 0 Å². The average molecular weight is 269 g/mol. The van der Waals surface area contributed by atoms with Gasteiger partial charge in [0.15, 0.2) is 0 Å². The van der Waals surface area contributed by atoms with Crippen LogP contribution in [0.2, 0.25) is 0 Å². The Kier molecular flexibility index (Phi) is 7.48. The van der Waals surface area contributed by atoms with E-state index < -0.39 is 0 Å². The molecule has 0 aliphatic heterocycles. The lowest BCUT2D eigenvalue weighted by molar-refractivity contribution is 0.627. The maximum atomic E-state index is 5.51. The molecule has 0 amide bonds. The van der Waals surface area contributed by atoms with Gasteiger partial charge in [-0.05, 0) is 12.2 Å². The van der Waals surface area contributed by atoms with E-state index in [9.17, 15) is 0 Å². The number of nitrogen functional groups attached to an aromatic ring is 2. The molecule has 0 unspecified atom stereocenters. The van der Waals surface area contributed by atoms with Crippen LogP contribution >= 0.6 is 11.8 Å². The summed E-state index contributed by atoms with van der Waals surface area (Å²) < 4.78 is 0. The van der Waals surface area contributed by atoms with Gasteiger partial charge in [0.05, 0.1) is 5.75 Å². The first-order valence-corrected chi connectivity index (χ1v) is 7.71. The second-order valence-electron chi connectivity index (χ2n) is 4.29. The minimum atomic E-state index is 0.206. The highest BCUT2D eigenvalue weighted by Gasteiger charge is 2.01. The third-order valence-electron chi connectivity index (χ3n) is 2.59. The fourth-order valence-electron chi connectivity index (χ4n) is 1.67. The van der Waals surface area contributed by atoms with Crippen molar-refractivity contribution in [3.8, 4) is 0 Å². The highest BCUT2D eigenvalue weighted by atomic mass is 32.2. The van der Waals surface area contributed by atoms with Gasteiger partial charge in [-0.1, -0.05) is 39.0 Å². The van der Waals surface area contributed by atoms with Gasteiger partial charge in [0.1, 0.15) is 5.82 Å². The fourth-order valence-corrected chi connectivity index (χ4v) is 2.53. The van der Waals surface area contributed by atoms with Gasteiger partial charge in [-0.25, -0.2) is 0 Å². The summed E-state index contributed by atoms with van der Waals surface area (Å²) >= 11 is 1.82. The van der Waals surface area contributed by atoms with Crippen molar-refractivity contribution < 1.29 is 0 Å². The van der Waals surface area contributed by atoms with E-state index in [4.69, 9.17) is 11.5 Å². The molecule has 0 aliphatic rings. The third-order valence-corrected chi connectivity index (χ3v) is 3.63. The van der Waals surface area contributed by atoms with E-state index in [-0.39, 0.29) is 11.9 Å². The van der Waals surface area contributed by atoms with Gasteiger partial charge >= 0.3 is 0 Å². The number of thioether (sulfide) groups is 1. The van der Waals surface area contributed by atoms with E-state index in [0.29, 0.717) is 5.82 Å². The maximum Gasteiger partial charge on any atom is 0.225 e. The molecule has 1 aromatic heterocycles. The molecule has 0 atom stereocenters. The van der Waals surface area contributed by atoms with Gasteiger partial charge in [0.2, 0.25) is 11.9 Å². The molecule has 0 fully saturated rings. The highest BCUT2D eigenvalue weighted by Crippen LogP contribution is 2.13. The zero-order valence-electron chi connectivity index (χ0n) is 11.1. The topological polar surface area (TPSA) is 90.7 Å². The molecule has 0 saturated carbocycles. The van der Waals surface area contributed by atoms with E-state index in [1.165, 1.54) is 38.5 Å². The number of unbranched alkanes of at least 4 members (excludes halogenated alkanes) is 5. The van der Waals surface area contributed by atoms with Crippen LogP contribution in [-0.2, 0) is 5.75 Å². The van der Waals surface area contributed by atoms with Crippen molar-refractivity contribution >= 4 is 23.7 Å². The zero-order valence-corrected chi connectivity index (χ0v) is 11.9. The van der Waals surface area contributed by atoms with Crippen LogP contribution in [0.15, 0.2) is 0 Å². The summed E-state index contributed by atoms with van der Waals surface area (Å²) in [6.07, 6.45) is 7.94. The molecule has 0 radical (unpaired) electrons. The second kappa shape index (κ2) is 8.97. The Morgan fingerprint density at radius 3 is 2.17 bits per heavy atom. The SMILES string of the molecule is CCCCCCCCSCc1nc(N)nc(N)n1. The Morgan fingerprint density at radius 2 is 1.50 bits per heavy atom. The number of hydrogen-bond donors (Lipinski definition) is 2. The zero-order chi connectivity index (χ0) is 13.2. The lowest BCUT2D eigenvalue weighted by Crippen LogP contribution is -2.06. The molecule has 1 heterocycles. The van der Waals surface area contributed by atoms with Crippen molar-refractivity contribution in [1.82, 2.24) is 15.0 Å². The van der Waals surface area contributed by atoms with Gasteiger partial charge in [-0.2, -0.15) is 26.7 Å². The van der Waals surface area contributed by atoms with Crippen LogP contribution in [0.4, 0.5) is 11.9 Å². The number of nitrogens with zero attached hydrogens (tertiary/aromatic N) is 3.